The average Bonchev–Trinajstić information content (AvgIpc) is 2.99. The van der Waals surface area contributed by atoms with E-state index in [1.165, 1.54) is 0 Å². The highest BCUT2D eigenvalue weighted by molar-refractivity contribution is 7.98. The van der Waals surface area contributed by atoms with Crippen molar-refractivity contribution in [3.05, 3.63) is 35.9 Å². The minimum Gasteiger partial charge on any atom is -0.449 e. The van der Waals surface area contributed by atoms with Crippen molar-refractivity contribution >= 4 is 23.8 Å². The molecule has 1 unspecified atom stereocenters. The predicted molar refractivity (Wildman–Crippen MR) is 117 cm³/mol. The third kappa shape index (κ3) is 5.25. The molecular weight excluding hydrogens is 386 g/mol. The van der Waals surface area contributed by atoms with Crippen molar-refractivity contribution in [2.75, 3.05) is 31.7 Å². The molecule has 29 heavy (non-hydrogen) atoms. The maximum atomic E-state index is 13.2. The first kappa shape index (κ1) is 22.0. The van der Waals surface area contributed by atoms with Gasteiger partial charge in [-0.15, -0.1) is 0 Å². The SMILES string of the molecule is CCCCOC(=O)N1CCC2(CC1)NC(CCSC)C(=O)N2Cc1ccccc1. The largest absolute Gasteiger partial charge is 0.449 e. The third-order valence-corrected chi connectivity index (χ3v) is 6.53. The lowest BCUT2D eigenvalue weighted by molar-refractivity contribution is -0.134. The van der Waals surface area contributed by atoms with Crippen molar-refractivity contribution in [3.63, 3.8) is 0 Å². The number of benzene rings is 1. The number of amides is 2. The fraction of sp³-hybridized carbons (Fsp3) is 0.636. The monoisotopic (exact) mass is 419 g/mol. The van der Waals surface area contributed by atoms with Crippen molar-refractivity contribution < 1.29 is 14.3 Å². The molecule has 0 aromatic heterocycles. The van der Waals surface area contributed by atoms with Crippen LogP contribution >= 0.6 is 11.8 Å². The normalized spacial score (nSPS) is 21.0. The molecular formula is C22H33N3O3S. The van der Waals surface area contributed by atoms with Crippen LogP contribution in [0.5, 0.6) is 0 Å². The van der Waals surface area contributed by atoms with Gasteiger partial charge < -0.3 is 14.5 Å². The number of piperidine rings is 1. The number of carbonyl (C=O) groups is 2. The molecule has 2 heterocycles. The molecule has 2 aliphatic heterocycles. The first-order valence-corrected chi connectivity index (χ1v) is 12.0. The van der Waals surface area contributed by atoms with Gasteiger partial charge in [-0.1, -0.05) is 43.7 Å². The van der Waals surface area contributed by atoms with Crippen LogP contribution in [0.2, 0.25) is 0 Å². The minimum atomic E-state index is -0.379. The Morgan fingerprint density at radius 1 is 1.28 bits per heavy atom. The predicted octanol–water partition coefficient (Wildman–Crippen LogP) is 3.47. The second kappa shape index (κ2) is 10.3. The zero-order chi connectivity index (χ0) is 20.7. The zero-order valence-corrected chi connectivity index (χ0v) is 18.4. The molecule has 7 heteroatoms. The van der Waals surface area contributed by atoms with Gasteiger partial charge >= 0.3 is 6.09 Å². The summed E-state index contributed by atoms with van der Waals surface area (Å²) in [5.41, 5.74) is 0.755. The number of nitrogens with one attached hydrogen (secondary N) is 1. The highest BCUT2D eigenvalue weighted by Gasteiger charge is 2.51. The summed E-state index contributed by atoms with van der Waals surface area (Å²) in [6.07, 6.45) is 6.02. The molecule has 6 nitrogen and oxygen atoms in total. The van der Waals surface area contributed by atoms with Crippen LogP contribution in [-0.2, 0) is 16.1 Å². The zero-order valence-electron chi connectivity index (χ0n) is 17.6. The van der Waals surface area contributed by atoms with Gasteiger partial charge in [0.2, 0.25) is 5.91 Å². The Bertz CT molecular complexity index is 677. The van der Waals surface area contributed by atoms with Gasteiger partial charge in [-0.25, -0.2) is 4.79 Å². The van der Waals surface area contributed by atoms with E-state index in [1.807, 2.05) is 23.1 Å². The van der Waals surface area contributed by atoms with E-state index in [4.69, 9.17) is 4.74 Å². The average molecular weight is 420 g/mol. The molecule has 3 rings (SSSR count). The second-order valence-corrected chi connectivity index (χ2v) is 8.86. The summed E-state index contributed by atoms with van der Waals surface area (Å²) in [6, 6.07) is 10.0. The van der Waals surface area contributed by atoms with E-state index in [9.17, 15) is 9.59 Å². The van der Waals surface area contributed by atoms with E-state index in [-0.39, 0.29) is 23.7 Å². The van der Waals surface area contributed by atoms with Crippen molar-refractivity contribution in [1.82, 2.24) is 15.1 Å². The van der Waals surface area contributed by atoms with Crippen LogP contribution in [0.3, 0.4) is 0 Å². The molecule has 160 valence electrons. The highest BCUT2D eigenvalue weighted by atomic mass is 32.2. The molecule has 1 spiro atoms. The van der Waals surface area contributed by atoms with Crippen molar-refractivity contribution in [1.29, 1.82) is 0 Å². The third-order valence-electron chi connectivity index (χ3n) is 5.89. The summed E-state index contributed by atoms with van der Waals surface area (Å²) in [5, 5.41) is 3.66. The molecule has 0 saturated carbocycles. The van der Waals surface area contributed by atoms with Crippen LogP contribution in [0.25, 0.3) is 0 Å². The number of rotatable bonds is 8. The lowest BCUT2D eigenvalue weighted by Crippen LogP contribution is -2.59. The number of carbonyl (C=O) groups excluding carboxylic acids is 2. The van der Waals surface area contributed by atoms with E-state index in [2.05, 4.69) is 30.6 Å². The maximum absolute atomic E-state index is 13.2. The Balaban J connectivity index is 1.69. The number of unbranched alkanes of at least 4 members (excludes halogenated alkanes) is 1. The second-order valence-electron chi connectivity index (χ2n) is 7.87. The Kier molecular flexibility index (Phi) is 7.84. The van der Waals surface area contributed by atoms with Gasteiger partial charge in [-0.3, -0.25) is 10.1 Å². The Labute approximate surface area is 178 Å². The molecule has 1 atom stereocenters. The highest BCUT2D eigenvalue weighted by Crippen LogP contribution is 2.35. The van der Waals surface area contributed by atoms with Crippen LogP contribution in [-0.4, -0.2) is 65.2 Å². The minimum absolute atomic E-state index is 0.144. The van der Waals surface area contributed by atoms with Gasteiger partial charge in [0.25, 0.3) is 0 Å². The summed E-state index contributed by atoms with van der Waals surface area (Å²) in [4.78, 5) is 29.3. The fourth-order valence-electron chi connectivity index (χ4n) is 4.16. The summed E-state index contributed by atoms with van der Waals surface area (Å²) < 4.78 is 5.37. The number of hydrogen-bond donors (Lipinski definition) is 1. The summed E-state index contributed by atoms with van der Waals surface area (Å²) in [7, 11) is 0. The topological polar surface area (TPSA) is 61.9 Å². The quantitative estimate of drug-likeness (QED) is 0.654. The number of thioether (sulfide) groups is 1. The van der Waals surface area contributed by atoms with Crippen LogP contribution in [0.1, 0.15) is 44.6 Å². The first-order chi connectivity index (χ1) is 14.1. The number of likely N-dealkylation sites (tertiary alicyclic amines) is 1. The standard InChI is InChI=1S/C22H33N3O3S/c1-3-4-15-28-21(27)24-13-11-22(12-14-24)23-19(10-16-29-2)20(26)25(22)17-18-8-6-5-7-9-18/h5-9,19,23H,3-4,10-17H2,1-2H3. The van der Waals surface area contributed by atoms with Gasteiger partial charge in [-0.05, 0) is 30.4 Å². The van der Waals surface area contributed by atoms with Crippen LogP contribution < -0.4 is 5.32 Å². The Hall–Kier alpha value is -1.73. The Morgan fingerprint density at radius 3 is 2.66 bits per heavy atom. The van der Waals surface area contributed by atoms with Crippen LogP contribution in [0.4, 0.5) is 4.79 Å². The lowest BCUT2D eigenvalue weighted by atomic mass is 9.95. The Morgan fingerprint density at radius 2 is 2.00 bits per heavy atom. The molecule has 1 aromatic rings. The van der Waals surface area contributed by atoms with Gasteiger partial charge in [0.15, 0.2) is 0 Å². The smallest absolute Gasteiger partial charge is 0.409 e. The van der Waals surface area contributed by atoms with Crippen LogP contribution in [0, 0.1) is 0 Å². The number of nitrogens with zero attached hydrogens (tertiary/aromatic N) is 2. The molecule has 2 aliphatic rings. The molecule has 0 radical (unpaired) electrons. The van der Waals surface area contributed by atoms with E-state index in [1.54, 1.807) is 16.7 Å². The molecule has 0 aliphatic carbocycles. The van der Waals surface area contributed by atoms with Gasteiger partial charge in [0, 0.05) is 32.5 Å². The van der Waals surface area contributed by atoms with Crippen LogP contribution in [0.15, 0.2) is 30.3 Å². The lowest BCUT2D eigenvalue weighted by Gasteiger charge is -2.44. The summed E-state index contributed by atoms with van der Waals surface area (Å²) >= 11 is 1.76. The molecule has 1 N–H and O–H groups in total. The molecule has 2 amide bonds. The van der Waals surface area contributed by atoms with Gasteiger partial charge in [0.1, 0.15) is 0 Å². The summed E-state index contributed by atoms with van der Waals surface area (Å²) in [6.45, 7) is 4.36. The van der Waals surface area contributed by atoms with Gasteiger partial charge in [0.05, 0.1) is 18.3 Å². The summed E-state index contributed by atoms with van der Waals surface area (Å²) in [5.74, 6) is 1.14. The van der Waals surface area contributed by atoms with E-state index in [0.29, 0.717) is 26.2 Å². The first-order valence-electron chi connectivity index (χ1n) is 10.6. The van der Waals surface area contributed by atoms with Crippen molar-refractivity contribution in [2.24, 2.45) is 0 Å². The maximum Gasteiger partial charge on any atom is 0.409 e. The fourth-order valence-corrected chi connectivity index (χ4v) is 4.63. The van der Waals surface area contributed by atoms with E-state index in [0.717, 1.165) is 43.4 Å². The molecule has 0 bridgehead atoms. The van der Waals surface area contributed by atoms with Crippen molar-refractivity contribution in [2.45, 2.75) is 57.3 Å². The van der Waals surface area contributed by atoms with Gasteiger partial charge in [-0.2, -0.15) is 11.8 Å². The molecule has 2 fully saturated rings. The molecule has 2 saturated heterocycles. The number of ether oxygens (including phenoxy) is 1. The van der Waals surface area contributed by atoms with E-state index < -0.39 is 0 Å². The van der Waals surface area contributed by atoms with E-state index >= 15 is 0 Å². The van der Waals surface area contributed by atoms with Crippen molar-refractivity contribution in [3.8, 4) is 0 Å². The number of hydrogen-bond acceptors (Lipinski definition) is 5. The molecule has 1 aromatic carbocycles.